The van der Waals surface area contributed by atoms with Crippen LogP contribution in [-0.2, 0) is 23.8 Å². The largest absolute Gasteiger partial charge is 0.466 e. The Morgan fingerprint density at radius 3 is 2.35 bits per heavy atom. The zero-order valence-corrected chi connectivity index (χ0v) is 16.9. The van der Waals surface area contributed by atoms with Gasteiger partial charge in [-0.25, -0.2) is 4.79 Å². The van der Waals surface area contributed by atoms with E-state index in [1.807, 2.05) is 20.8 Å². The standard InChI is InChI=1S/C19H33NO6/c1-13(8-7-11-24-14(2)21)16-12-20(18(23)26-19(4,5)6)10-9-17(16)25-15(3)22/h13,16-17H,7-12H2,1-6H3. The van der Waals surface area contributed by atoms with Gasteiger partial charge in [0.2, 0.25) is 0 Å². The summed E-state index contributed by atoms with van der Waals surface area (Å²) in [5.41, 5.74) is -0.547. The molecule has 3 unspecified atom stereocenters. The van der Waals surface area contributed by atoms with Crippen LogP contribution in [0.15, 0.2) is 0 Å². The van der Waals surface area contributed by atoms with Gasteiger partial charge in [-0.2, -0.15) is 0 Å². The maximum atomic E-state index is 12.4. The van der Waals surface area contributed by atoms with Crippen molar-refractivity contribution in [3.05, 3.63) is 0 Å². The zero-order valence-electron chi connectivity index (χ0n) is 16.9. The van der Waals surface area contributed by atoms with Crippen molar-refractivity contribution in [2.24, 2.45) is 11.8 Å². The van der Waals surface area contributed by atoms with Gasteiger partial charge in [0, 0.05) is 39.3 Å². The van der Waals surface area contributed by atoms with Gasteiger partial charge < -0.3 is 19.1 Å². The number of carbonyl (C=O) groups is 3. The highest BCUT2D eigenvalue weighted by Crippen LogP contribution is 2.30. The van der Waals surface area contributed by atoms with Crippen molar-refractivity contribution >= 4 is 18.0 Å². The number of rotatable bonds is 6. The second kappa shape index (κ2) is 9.78. The zero-order chi connectivity index (χ0) is 19.9. The van der Waals surface area contributed by atoms with Gasteiger partial charge >= 0.3 is 18.0 Å². The number of nitrogens with zero attached hydrogens (tertiary/aromatic N) is 1. The summed E-state index contributed by atoms with van der Waals surface area (Å²) in [5, 5.41) is 0. The molecule has 7 nitrogen and oxygen atoms in total. The van der Waals surface area contributed by atoms with Gasteiger partial charge in [-0.15, -0.1) is 0 Å². The predicted octanol–water partition coefficient (Wildman–Crippen LogP) is 3.15. The molecule has 1 aliphatic heterocycles. The number of piperidine rings is 1. The van der Waals surface area contributed by atoms with Crippen LogP contribution in [0.1, 0.15) is 60.8 Å². The maximum Gasteiger partial charge on any atom is 0.410 e. The fourth-order valence-electron chi connectivity index (χ4n) is 3.19. The third-order valence-electron chi connectivity index (χ3n) is 4.40. The molecule has 0 bridgehead atoms. The Morgan fingerprint density at radius 2 is 1.81 bits per heavy atom. The first-order valence-corrected chi connectivity index (χ1v) is 9.28. The minimum Gasteiger partial charge on any atom is -0.466 e. The molecule has 0 spiro atoms. The lowest BCUT2D eigenvalue weighted by Crippen LogP contribution is -2.50. The molecule has 0 N–H and O–H groups in total. The summed E-state index contributed by atoms with van der Waals surface area (Å²) < 4.78 is 15.9. The average Bonchev–Trinajstić information content (AvgIpc) is 2.49. The van der Waals surface area contributed by atoms with Crippen LogP contribution in [0.5, 0.6) is 0 Å². The van der Waals surface area contributed by atoms with E-state index < -0.39 is 5.60 Å². The van der Waals surface area contributed by atoms with Crippen LogP contribution >= 0.6 is 0 Å². The Kier molecular flexibility index (Phi) is 8.37. The van der Waals surface area contributed by atoms with E-state index >= 15 is 0 Å². The van der Waals surface area contributed by atoms with Crippen LogP contribution in [-0.4, -0.2) is 54.3 Å². The fourth-order valence-corrected chi connectivity index (χ4v) is 3.19. The van der Waals surface area contributed by atoms with Gasteiger partial charge in [-0.05, 0) is 39.5 Å². The van der Waals surface area contributed by atoms with Crippen molar-refractivity contribution in [3.8, 4) is 0 Å². The molecule has 1 saturated heterocycles. The fraction of sp³-hybridized carbons (Fsp3) is 0.842. The van der Waals surface area contributed by atoms with Crippen molar-refractivity contribution in [2.75, 3.05) is 19.7 Å². The summed E-state index contributed by atoms with van der Waals surface area (Å²) in [4.78, 5) is 36.4. The van der Waals surface area contributed by atoms with E-state index in [9.17, 15) is 14.4 Å². The number of carbonyl (C=O) groups excluding carboxylic acids is 3. The van der Waals surface area contributed by atoms with Crippen LogP contribution in [0.4, 0.5) is 4.79 Å². The van der Waals surface area contributed by atoms with Crippen LogP contribution in [0.2, 0.25) is 0 Å². The van der Waals surface area contributed by atoms with Crippen LogP contribution in [0.3, 0.4) is 0 Å². The molecule has 7 heteroatoms. The number of hydrogen-bond donors (Lipinski definition) is 0. The molecule has 0 aromatic heterocycles. The SMILES string of the molecule is CC(=O)OCCCC(C)C1CN(C(=O)OC(C)(C)C)CCC1OC(C)=O. The molecule has 0 aromatic rings. The summed E-state index contributed by atoms with van der Waals surface area (Å²) in [7, 11) is 0. The van der Waals surface area contributed by atoms with Crippen molar-refractivity contribution in [3.63, 3.8) is 0 Å². The van der Waals surface area contributed by atoms with E-state index in [1.54, 1.807) is 4.90 Å². The van der Waals surface area contributed by atoms with Gasteiger partial charge in [-0.3, -0.25) is 9.59 Å². The number of hydrogen-bond acceptors (Lipinski definition) is 6. The number of esters is 2. The maximum absolute atomic E-state index is 12.4. The highest BCUT2D eigenvalue weighted by Gasteiger charge is 2.37. The minimum atomic E-state index is -0.547. The highest BCUT2D eigenvalue weighted by atomic mass is 16.6. The summed E-state index contributed by atoms with van der Waals surface area (Å²) in [6, 6.07) is 0. The first kappa shape index (κ1) is 22.3. The van der Waals surface area contributed by atoms with E-state index in [0.29, 0.717) is 26.1 Å². The topological polar surface area (TPSA) is 82.1 Å². The monoisotopic (exact) mass is 371 g/mol. The van der Waals surface area contributed by atoms with Crippen LogP contribution in [0, 0.1) is 11.8 Å². The Morgan fingerprint density at radius 1 is 1.15 bits per heavy atom. The van der Waals surface area contributed by atoms with Gasteiger partial charge in [-0.1, -0.05) is 6.92 Å². The Bertz CT molecular complexity index is 499. The molecular formula is C19H33NO6. The van der Waals surface area contributed by atoms with Gasteiger partial charge in [0.05, 0.1) is 6.61 Å². The Balaban J connectivity index is 2.70. The molecule has 0 aromatic carbocycles. The predicted molar refractivity (Wildman–Crippen MR) is 96.5 cm³/mol. The third kappa shape index (κ3) is 8.06. The molecule has 0 saturated carbocycles. The molecule has 0 radical (unpaired) electrons. The molecule has 1 aliphatic rings. The van der Waals surface area contributed by atoms with Crippen molar-refractivity contribution in [1.82, 2.24) is 4.90 Å². The van der Waals surface area contributed by atoms with Crippen molar-refractivity contribution < 1.29 is 28.6 Å². The van der Waals surface area contributed by atoms with Crippen LogP contribution < -0.4 is 0 Å². The van der Waals surface area contributed by atoms with E-state index in [2.05, 4.69) is 6.92 Å². The average molecular weight is 371 g/mol. The molecule has 1 amide bonds. The van der Waals surface area contributed by atoms with Crippen molar-refractivity contribution in [1.29, 1.82) is 0 Å². The third-order valence-corrected chi connectivity index (χ3v) is 4.40. The molecule has 3 atom stereocenters. The summed E-state index contributed by atoms with van der Waals surface area (Å²) in [5.74, 6) is -0.361. The number of ether oxygens (including phenoxy) is 3. The quantitative estimate of drug-likeness (QED) is 0.405. The molecule has 26 heavy (non-hydrogen) atoms. The minimum absolute atomic E-state index is 0.0255. The molecule has 150 valence electrons. The molecule has 1 heterocycles. The first-order valence-electron chi connectivity index (χ1n) is 9.28. The lowest BCUT2D eigenvalue weighted by Gasteiger charge is -2.41. The van der Waals surface area contributed by atoms with E-state index in [4.69, 9.17) is 14.2 Å². The van der Waals surface area contributed by atoms with Crippen molar-refractivity contribution in [2.45, 2.75) is 72.5 Å². The smallest absolute Gasteiger partial charge is 0.410 e. The normalized spacial score (nSPS) is 21.7. The Labute approximate surface area is 156 Å². The van der Waals surface area contributed by atoms with Gasteiger partial charge in [0.25, 0.3) is 0 Å². The van der Waals surface area contributed by atoms with E-state index in [-0.39, 0.29) is 36.0 Å². The molecule has 0 aliphatic carbocycles. The molecule has 1 fully saturated rings. The second-order valence-electron chi connectivity index (χ2n) is 7.99. The van der Waals surface area contributed by atoms with E-state index in [0.717, 1.165) is 12.8 Å². The van der Waals surface area contributed by atoms with Gasteiger partial charge in [0.1, 0.15) is 11.7 Å². The van der Waals surface area contributed by atoms with E-state index in [1.165, 1.54) is 13.8 Å². The summed E-state index contributed by atoms with van der Waals surface area (Å²) in [6.07, 6.45) is 1.59. The summed E-state index contributed by atoms with van der Waals surface area (Å²) >= 11 is 0. The first-order chi connectivity index (χ1) is 12.0. The van der Waals surface area contributed by atoms with Gasteiger partial charge in [0.15, 0.2) is 0 Å². The second-order valence-corrected chi connectivity index (χ2v) is 7.99. The molecular weight excluding hydrogens is 338 g/mol. The number of likely N-dealkylation sites (tertiary alicyclic amines) is 1. The Hall–Kier alpha value is -1.79. The summed E-state index contributed by atoms with van der Waals surface area (Å²) in [6.45, 7) is 11.8. The number of amides is 1. The van der Waals surface area contributed by atoms with Crippen LogP contribution in [0.25, 0.3) is 0 Å². The molecule has 1 rings (SSSR count). The highest BCUT2D eigenvalue weighted by molar-refractivity contribution is 5.68. The lowest BCUT2D eigenvalue weighted by molar-refractivity contribution is -0.153. The lowest BCUT2D eigenvalue weighted by atomic mass is 9.82.